The number of aromatic nitrogens is 4. The molecule has 3 aromatic rings. The molecule has 0 radical (unpaired) electrons. The summed E-state index contributed by atoms with van der Waals surface area (Å²) < 4.78 is 7.58. The number of para-hydroxylation sites is 1. The van der Waals surface area contributed by atoms with Gasteiger partial charge in [0.1, 0.15) is 24.5 Å². The van der Waals surface area contributed by atoms with Crippen LogP contribution in [-0.4, -0.2) is 50.3 Å². The number of hydrogen-bond donors (Lipinski definition) is 1. The number of nitrogens with two attached hydrogens (primary N) is 1. The topological polar surface area (TPSA) is 99.2 Å². The van der Waals surface area contributed by atoms with Gasteiger partial charge in [0.15, 0.2) is 5.65 Å². The lowest BCUT2D eigenvalue weighted by Gasteiger charge is -2.32. The summed E-state index contributed by atoms with van der Waals surface area (Å²) in [5, 5.41) is 5.47. The van der Waals surface area contributed by atoms with E-state index in [4.69, 9.17) is 15.6 Å². The molecule has 1 atom stereocenters. The molecule has 1 aliphatic rings. The molecule has 1 aromatic carbocycles. The van der Waals surface area contributed by atoms with Gasteiger partial charge >= 0.3 is 0 Å². The van der Waals surface area contributed by atoms with Gasteiger partial charge in [0, 0.05) is 13.1 Å². The highest BCUT2D eigenvalue weighted by atomic mass is 16.5. The Morgan fingerprint density at radius 2 is 2.13 bits per heavy atom. The molecule has 8 nitrogen and oxygen atoms in total. The molecule has 1 fully saturated rings. The molecule has 1 aliphatic heterocycles. The first-order valence-electron chi connectivity index (χ1n) is 9.92. The standard InChI is InChI=1S/C22H24N6O2/c1-2-19(29)27-12-6-8-16(14-27)28-22-20(21(23)24-15-25-22)18(26-28)11-7-13-30-17-9-4-3-5-10-17/h2-5,7,9-11,15-16H,1,6,8,12-14H2,(H2,23,24,25)/b11-7+/t16-/m1/s1. The fourth-order valence-corrected chi connectivity index (χ4v) is 3.70. The minimum Gasteiger partial charge on any atom is -0.490 e. The van der Waals surface area contributed by atoms with Crippen LogP contribution in [0.4, 0.5) is 5.82 Å². The number of likely N-dealkylation sites (tertiary alicyclic amines) is 1. The molecule has 1 saturated heterocycles. The van der Waals surface area contributed by atoms with Crippen molar-refractivity contribution in [3.8, 4) is 5.75 Å². The molecule has 3 heterocycles. The molecule has 2 aromatic heterocycles. The number of benzene rings is 1. The monoisotopic (exact) mass is 404 g/mol. The molecule has 154 valence electrons. The molecule has 1 amide bonds. The lowest BCUT2D eigenvalue weighted by atomic mass is 10.1. The second-order valence-corrected chi connectivity index (χ2v) is 7.10. The first kappa shape index (κ1) is 19.6. The van der Waals surface area contributed by atoms with E-state index in [1.54, 1.807) is 4.90 Å². The van der Waals surface area contributed by atoms with Crippen molar-refractivity contribution in [2.45, 2.75) is 18.9 Å². The third kappa shape index (κ3) is 4.03. The van der Waals surface area contributed by atoms with E-state index in [1.165, 1.54) is 12.4 Å². The summed E-state index contributed by atoms with van der Waals surface area (Å²) in [5.74, 6) is 1.11. The van der Waals surface area contributed by atoms with E-state index in [2.05, 4.69) is 16.5 Å². The summed E-state index contributed by atoms with van der Waals surface area (Å²) in [6.07, 6.45) is 8.35. The van der Waals surface area contributed by atoms with E-state index in [0.717, 1.165) is 25.1 Å². The predicted molar refractivity (Wildman–Crippen MR) is 116 cm³/mol. The van der Waals surface area contributed by atoms with Crippen molar-refractivity contribution in [1.29, 1.82) is 0 Å². The van der Waals surface area contributed by atoms with Crippen LogP contribution in [0.15, 0.2) is 55.4 Å². The second kappa shape index (κ2) is 8.77. The molecule has 0 spiro atoms. The van der Waals surface area contributed by atoms with E-state index in [1.807, 2.05) is 47.2 Å². The van der Waals surface area contributed by atoms with Crippen molar-refractivity contribution in [3.05, 3.63) is 61.1 Å². The Labute approximate surface area is 174 Å². The first-order chi connectivity index (χ1) is 14.7. The summed E-state index contributed by atoms with van der Waals surface area (Å²) in [5.41, 5.74) is 7.50. The Morgan fingerprint density at radius 3 is 2.93 bits per heavy atom. The summed E-state index contributed by atoms with van der Waals surface area (Å²) in [6.45, 7) is 5.28. The molecule has 0 aliphatic carbocycles. The van der Waals surface area contributed by atoms with Crippen LogP contribution in [0.5, 0.6) is 5.75 Å². The smallest absolute Gasteiger partial charge is 0.246 e. The zero-order valence-corrected chi connectivity index (χ0v) is 16.6. The quantitative estimate of drug-likeness (QED) is 0.634. The van der Waals surface area contributed by atoms with E-state index < -0.39 is 0 Å². The fourth-order valence-electron chi connectivity index (χ4n) is 3.70. The number of rotatable bonds is 6. The maximum Gasteiger partial charge on any atom is 0.246 e. The van der Waals surface area contributed by atoms with Crippen LogP contribution in [0.3, 0.4) is 0 Å². The highest BCUT2D eigenvalue weighted by Gasteiger charge is 2.27. The van der Waals surface area contributed by atoms with Gasteiger partial charge in [-0.05, 0) is 43.2 Å². The number of carbonyl (C=O) groups is 1. The van der Waals surface area contributed by atoms with Gasteiger partial charge < -0.3 is 15.4 Å². The van der Waals surface area contributed by atoms with Gasteiger partial charge in [-0.15, -0.1) is 0 Å². The molecule has 0 saturated carbocycles. The van der Waals surface area contributed by atoms with Gasteiger partial charge in [0.05, 0.1) is 17.1 Å². The maximum absolute atomic E-state index is 12.1. The summed E-state index contributed by atoms with van der Waals surface area (Å²) >= 11 is 0. The van der Waals surface area contributed by atoms with E-state index in [9.17, 15) is 4.79 Å². The Kier molecular flexibility index (Phi) is 5.74. The van der Waals surface area contributed by atoms with Crippen molar-refractivity contribution in [2.24, 2.45) is 0 Å². The second-order valence-electron chi connectivity index (χ2n) is 7.10. The lowest BCUT2D eigenvalue weighted by molar-refractivity contribution is -0.127. The van der Waals surface area contributed by atoms with Crippen LogP contribution >= 0.6 is 0 Å². The van der Waals surface area contributed by atoms with E-state index in [0.29, 0.717) is 35.7 Å². The summed E-state index contributed by atoms with van der Waals surface area (Å²) in [7, 11) is 0. The van der Waals surface area contributed by atoms with Gasteiger partial charge in [-0.1, -0.05) is 24.8 Å². The van der Waals surface area contributed by atoms with Crippen LogP contribution in [0.25, 0.3) is 17.1 Å². The minimum atomic E-state index is -0.0662. The third-order valence-corrected chi connectivity index (χ3v) is 5.14. The predicted octanol–water partition coefficient (Wildman–Crippen LogP) is 2.85. The van der Waals surface area contributed by atoms with Gasteiger partial charge in [-0.2, -0.15) is 5.10 Å². The number of nitrogen functional groups attached to an aromatic ring is 1. The van der Waals surface area contributed by atoms with Crippen molar-refractivity contribution in [1.82, 2.24) is 24.6 Å². The largest absolute Gasteiger partial charge is 0.490 e. The highest BCUT2D eigenvalue weighted by Crippen LogP contribution is 2.29. The molecular weight excluding hydrogens is 380 g/mol. The Morgan fingerprint density at radius 1 is 1.30 bits per heavy atom. The Hall–Kier alpha value is -3.68. The molecular formula is C22H24N6O2. The van der Waals surface area contributed by atoms with Crippen molar-refractivity contribution in [2.75, 3.05) is 25.4 Å². The molecule has 30 heavy (non-hydrogen) atoms. The van der Waals surface area contributed by atoms with Gasteiger partial charge in [-0.3, -0.25) is 4.79 Å². The molecule has 8 heteroatoms. The van der Waals surface area contributed by atoms with Crippen molar-refractivity contribution < 1.29 is 9.53 Å². The lowest BCUT2D eigenvalue weighted by Crippen LogP contribution is -2.40. The number of carbonyl (C=O) groups excluding carboxylic acids is 1. The zero-order valence-electron chi connectivity index (χ0n) is 16.6. The fraction of sp³-hybridized carbons (Fsp3) is 0.273. The van der Waals surface area contributed by atoms with Crippen LogP contribution in [0.2, 0.25) is 0 Å². The zero-order chi connectivity index (χ0) is 20.9. The third-order valence-electron chi connectivity index (χ3n) is 5.14. The number of fused-ring (bicyclic) bond motifs is 1. The average Bonchev–Trinajstić information content (AvgIpc) is 3.17. The van der Waals surface area contributed by atoms with Crippen LogP contribution in [0, 0.1) is 0 Å². The molecule has 4 rings (SSSR count). The van der Waals surface area contributed by atoms with Crippen molar-refractivity contribution >= 4 is 28.8 Å². The van der Waals surface area contributed by atoms with E-state index in [-0.39, 0.29) is 11.9 Å². The minimum absolute atomic E-state index is 0.0159. The van der Waals surface area contributed by atoms with Crippen LogP contribution in [-0.2, 0) is 4.79 Å². The Bertz CT molecular complexity index is 1080. The number of amides is 1. The number of piperidine rings is 1. The summed E-state index contributed by atoms with van der Waals surface area (Å²) in [6, 6.07) is 9.63. The van der Waals surface area contributed by atoms with Gasteiger partial charge in [0.2, 0.25) is 5.91 Å². The number of nitrogens with zero attached hydrogens (tertiary/aromatic N) is 5. The highest BCUT2D eigenvalue weighted by molar-refractivity contribution is 5.92. The SMILES string of the molecule is C=CC(=O)N1CCC[C@@H](n2nc(/C=C/COc3ccccc3)c3c(N)ncnc32)C1. The van der Waals surface area contributed by atoms with Crippen LogP contribution < -0.4 is 10.5 Å². The van der Waals surface area contributed by atoms with Gasteiger partial charge in [-0.25, -0.2) is 14.6 Å². The normalized spacial score (nSPS) is 16.8. The summed E-state index contributed by atoms with van der Waals surface area (Å²) in [4.78, 5) is 22.4. The van der Waals surface area contributed by atoms with Crippen LogP contribution in [0.1, 0.15) is 24.6 Å². The maximum atomic E-state index is 12.1. The van der Waals surface area contributed by atoms with Gasteiger partial charge in [0.25, 0.3) is 0 Å². The first-order valence-corrected chi connectivity index (χ1v) is 9.92. The number of ether oxygens (including phenoxy) is 1. The average molecular weight is 404 g/mol. The molecule has 0 bridgehead atoms. The molecule has 2 N–H and O–H groups in total. The Balaban J connectivity index is 1.59. The van der Waals surface area contributed by atoms with Crippen molar-refractivity contribution in [3.63, 3.8) is 0 Å². The molecule has 0 unspecified atom stereocenters. The number of anilines is 1. The number of hydrogen-bond acceptors (Lipinski definition) is 6. The van der Waals surface area contributed by atoms with E-state index >= 15 is 0 Å².